The van der Waals surface area contributed by atoms with E-state index in [4.69, 9.17) is 28.4 Å². The summed E-state index contributed by atoms with van der Waals surface area (Å²) in [6.07, 6.45) is 0.250. The molecule has 1 aliphatic rings. The van der Waals surface area contributed by atoms with E-state index in [0.717, 1.165) is 0 Å². The van der Waals surface area contributed by atoms with Gasteiger partial charge in [0, 0.05) is 19.5 Å². The zero-order chi connectivity index (χ0) is 30.3. The monoisotopic (exact) mass is 607 g/mol. The van der Waals surface area contributed by atoms with Gasteiger partial charge < -0.3 is 39.1 Å². The molecule has 14 nitrogen and oxygen atoms in total. The summed E-state index contributed by atoms with van der Waals surface area (Å²) in [7, 11) is 0. The zero-order valence-corrected chi connectivity index (χ0v) is 25.1. The fraction of sp³-hybridized carbons (Fsp3) is 0.808. The summed E-state index contributed by atoms with van der Waals surface area (Å²) in [5, 5.41) is 5.27. The van der Waals surface area contributed by atoms with Crippen molar-refractivity contribution in [3.63, 3.8) is 0 Å². The molecule has 15 heteroatoms. The van der Waals surface area contributed by atoms with Crippen molar-refractivity contribution in [3.05, 3.63) is 0 Å². The fourth-order valence-corrected chi connectivity index (χ4v) is 4.46. The van der Waals surface area contributed by atoms with Crippen LogP contribution in [0.2, 0.25) is 0 Å². The number of ketones is 1. The average Bonchev–Trinajstić information content (AvgIpc) is 3.17. The molecule has 0 spiro atoms. The van der Waals surface area contributed by atoms with Gasteiger partial charge in [0.15, 0.2) is 5.78 Å². The Balaban J connectivity index is 1.83. The van der Waals surface area contributed by atoms with Crippen molar-refractivity contribution in [2.24, 2.45) is 0 Å². The topological polar surface area (TPSA) is 168 Å². The lowest BCUT2D eigenvalue weighted by atomic mass is 10.4. The van der Waals surface area contributed by atoms with Gasteiger partial charge in [0.05, 0.1) is 71.3 Å². The molecule has 0 saturated carbocycles. The van der Waals surface area contributed by atoms with Crippen molar-refractivity contribution in [1.29, 1.82) is 0 Å². The van der Waals surface area contributed by atoms with Crippen LogP contribution in [0.3, 0.4) is 0 Å². The summed E-state index contributed by atoms with van der Waals surface area (Å²) in [6.45, 7) is 8.70. The first-order valence-corrected chi connectivity index (χ1v) is 14.6. The number of amides is 4. The van der Waals surface area contributed by atoms with Crippen LogP contribution in [0, 0.1) is 0 Å². The Labute approximate surface area is 245 Å². The third-order valence-corrected chi connectivity index (χ3v) is 6.36. The molecule has 1 aliphatic heterocycles. The van der Waals surface area contributed by atoms with Crippen molar-refractivity contribution in [2.75, 3.05) is 98.9 Å². The predicted molar refractivity (Wildman–Crippen MR) is 149 cm³/mol. The van der Waals surface area contributed by atoms with Crippen molar-refractivity contribution < 1.29 is 52.4 Å². The van der Waals surface area contributed by atoms with Gasteiger partial charge in [0.2, 0.25) is 23.6 Å². The van der Waals surface area contributed by atoms with Gasteiger partial charge in [-0.1, -0.05) is 13.8 Å². The van der Waals surface area contributed by atoms with Crippen molar-refractivity contribution >= 4 is 41.2 Å². The average molecular weight is 608 g/mol. The highest BCUT2D eigenvalue weighted by Crippen LogP contribution is 2.27. The van der Waals surface area contributed by atoms with Crippen molar-refractivity contribution in [1.82, 2.24) is 15.5 Å². The van der Waals surface area contributed by atoms with E-state index in [9.17, 15) is 24.0 Å². The van der Waals surface area contributed by atoms with E-state index >= 15 is 0 Å². The summed E-state index contributed by atoms with van der Waals surface area (Å²) in [5.41, 5.74) is 0. The summed E-state index contributed by atoms with van der Waals surface area (Å²) in [6, 6.07) is 0. The Kier molecular flexibility index (Phi) is 21.1. The molecular weight excluding hydrogens is 562 g/mol. The number of carbonyl (C=O) groups excluding carboxylic acids is 5. The van der Waals surface area contributed by atoms with Crippen LogP contribution in [0.4, 0.5) is 0 Å². The Morgan fingerprint density at radius 2 is 1.24 bits per heavy atom. The molecule has 2 N–H and O–H groups in total. The minimum Gasteiger partial charge on any atom is -0.377 e. The Bertz CT molecular complexity index is 801. The number of likely N-dealkylation sites (tertiary alicyclic amines) is 1. The van der Waals surface area contributed by atoms with Gasteiger partial charge in [-0.2, -0.15) is 0 Å². The van der Waals surface area contributed by atoms with Crippen LogP contribution in [0.15, 0.2) is 0 Å². The van der Waals surface area contributed by atoms with Gasteiger partial charge in [-0.05, 0) is 12.2 Å². The summed E-state index contributed by atoms with van der Waals surface area (Å²) >= 11 is 1.51. The van der Waals surface area contributed by atoms with E-state index in [1.54, 1.807) is 0 Å². The van der Waals surface area contributed by atoms with Crippen molar-refractivity contribution in [2.45, 2.75) is 37.7 Å². The second kappa shape index (κ2) is 23.4. The minimum absolute atomic E-state index is 0.0858. The van der Waals surface area contributed by atoms with Gasteiger partial charge >= 0.3 is 0 Å². The first kappa shape index (κ1) is 36.9. The minimum atomic E-state index is -0.318. The van der Waals surface area contributed by atoms with Crippen LogP contribution >= 0.6 is 11.8 Å². The first-order valence-electron chi connectivity index (χ1n) is 13.7. The molecule has 1 fully saturated rings. The molecule has 1 saturated heterocycles. The Morgan fingerprint density at radius 3 is 1.78 bits per heavy atom. The predicted octanol–water partition coefficient (Wildman–Crippen LogP) is -0.823. The number of Topliss-reactive ketones (excluding diaryl/α,β-unsaturated/α-hetero) is 1. The number of nitrogens with zero attached hydrogens (tertiary/aromatic N) is 1. The largest absolute Gasteiger partial charge is 0.377 e. The molecule has 0 aromatic carbocycles. The highest BCUT2D eigenvalue weighted by molar-refractivity contribution is 8.01. The Morgan fingerprint density at radius 1 is 0.756 bits per heavy atom. The first-order chi connectivity index (χ1) is 19.7. The summed E-state index contributed by atoms with van der Waals surface area (Å²) in [5.74, 6) is -1.02. The molecule has 0 radical (unpaired) electrons. The molecule has 0 bridgehead atoms. The lowest BCUT2D eigenvalue weighted by Gasteiger charge is -2.15. The van der Waals surface area contributed by atoms with Crippen LogP contribution in [0.25, 0.3) is 0 Å². The number of carbonyl (C=O) groups is 5. The van der Waals surface area contributed by atoms with E-state index in [1.165, 1.54) is 23.6 Å². The lowest BCUT2D eigenvalue weighted by Crippen LogP contribution is -2.34. The molecule has 1 rings (SSSR count). The van der Waals surface area contributed by atoms with Crippen LogP contribution in [0.1, 0.15) is 27.2 Å². The number of rotatable bonds is 26. The second-order valence-electron chi connectivity index (χ2n) is 9.16. The zero-order valence-electron chi connectivity index (χ0n) is 24.3. The van der Waals surface area contributed by atoms with E-state index in [0.29, 0.717) is 59.3 Å². The third kappa shape index (κ3) is 19.6. The highest BCUT2D eigenvalue weighted by Gasteiger charge is 2.38. The molecule has 41 heavy (non-hydrogen) atoms. The number of thioether (sulfide) groups is 1. The standard InChI is InChI=1S/C26H45N3O11S/c1-20(2)41-22-16-25(33)29(26(22)34)6-9-37-12-13-38-14-15-39-18-23(31)27-4-7-35-10-11-36-8-5-28-24(32)19-40-17-21(3)30/h20,22H,4-19H2,1-3H3,(H,27,31)(H,28,32). The number of nitrogens with one attached hydrogen (secondary N) is 2. The van der Waals surface area contributed by atoms with Gasteiger partial charge in [0.1, 0.15) is 19.8 Å². The van der Waals surface area contributed by atoms with E-state index in [1.807, 2.05) is 13.8 Å². The molecular formula is C26H45N3O11S. The molecule has 1 heterocycles. The number of imide groups is 1. The van der Waals surface area contributed by atoms with Crippen LogP contribution < -0.4 is 10.6 Å². The van der Waals surface area contributed by atoms with Crippen LogP contribution in [0.5, 0.6) is 0 Å². The summed E-state index contributed by atoms with van der Waals surface area (Å²) in [4.78, 5) is 59.5. The third-order valence-electron chi connectivity index (χ3n) is 5.12. The molecule has 0 aliphatic carbocycles. The number of hydrogen-bond donors (Lipinski definition) is 2. The normalized spacial score (nSPS) is 15.1. The number of ether oxygens (including phenoxy) is 6. The summed E-state index contributed by atoms with van der Waals surface area (Å²) < 4.78 is 31.7. The van der Waals surface area contributed by atoms with Gasteiger partial charge in [-0.15, -0.1) is 11.8 Å². The highest BCUT2D eigenvalue weighted by atomic mass is 32.2. The fourth-order valence-electron chi connectivity index (χ4n) is 3.32. The molecule has 0 aromatic rings. The van der Waals surface area contributed by atoms with E-state index in [-0.39, 0.29) is 85.9 Å². The maximum Gasteiger partial charge on any atom is 0.246 e. The van der Waals surface area contributed by atoms with Crippen LogP contribution in [-0.2, 0) is 52.4 Å². The lowest BCUT2D eigenvalue weighted by molar-refractivity contribution is -0.139. The molecule has 4 amide bonds. The van der Waals surface area contributed by atoms with Gasteiger partial charge in [-0.3, -0.25) is 28.9 Å². The van der Waals surface area contributed by atoms with Gasteiger partial charge in [0.25, 0.3) is 0 Å². The van der Waals surface area contributed by atoms with Crippen molar-refractivity contribution in [3.8, 4) is 0 Å². The molecule has 1 unspecified atom stereocenters. The quantitative estimate of drug-likeness (QED) is 0.0927. The Hall–Kier alpha value is -2.14. The molecule has 236 valence electrons. The molecule has 1 atom stereocenters. The second-order valence-corrected chi connectivity index (χ2v) is 10.9. The maximum atomic E-state index is 12.3. The number of hydrogen-bond acceptors (Lipinski definition) is 12. The smallest absolute Gasteiger partial charge is 0.246 e. The maximum absolute atomic E-state index is 12.3. The molecule has 0 aromatic heterocycles. The van der Waals surface area contributed by atoms with E-state index in [2.05, 4.69) is 10.6 Å². The van der Waals surface area contributed by atoms with E-state index < -0.39 is 0 Å². The van der Waals surface area contributed by atoms with Crippen LogP contribution in [-0.4, -0.2) is 144 Å². The SMILES string of the molecule is CC(=O)COCC(=O)NCCOCCOCCNC(=O)COCCOCCOCCN1C(=O)CC(SC(C)C)C1=O. The van der Waals surface area contributed by atoms with Gasteiger partial charge in [-0.25, -0.2) is 0 Å².